The minimum atomic E-state index is -4.50. The van der Waals surface area contributed by atoms with Gasteiger partial charge in [0.2, 0.25) is 5.91 Å². The van der Waals surface area contributed by atoms with E-state index >= 15 is 0 Å². The standard InChI is InChI=1S/C12H15NO6S/c1-8(9-5-3-2-4-6-9)11(14)13-10(12(15)16)7-20(17,18)19/h2-6,8,10H,7H2,1H3,(H,13,14)(H,15,16)(H,17,18,19)/t8?,10-/m0/s1. The van der Waals surface area contributed by atoms with Crippen molar-refractivity contribution in [3.05, 3.63) is 35.9 Å². The minimum absolute atomic E-state index is 0.632. The summed E-state index contributed by atoms with van der Waals surface area (Å²) in [5.74, 6) is -3.88. The van der Waals surface area contributed by atoms with Crippen molar-refractivity contribution >= 4 is 22.0 Å². The molecular formula is C12H15NO6S. The van der Waals surface area contributed by atoms with Crippen LogP contribution in [0.15, 0.2) is 30.3 Å². The Kier molecular flexibility index (Phi) is 5.23. The lowest BCUT2D eigenvalue weighted by Gasteiger charge is -2.17. The maximum absolute atomic E-state index is 11.9. The van der Waals surface area contributed by atoms with Crippen molar-refractivity contribution in [2.24, 2.45) is 0 Å². The number of hydrogen-bond donors (Lipinski definition) is 3. The highest BCUT2D eigenvalue weighted by atomic mass is 32.2. The quantitative estimate of drug-likeness (QED) is 0.648. The molecule has 2 atom stereocenters. The molecule has 1 aromatic carbocycles. The van der Waals surface area contributed by atoms with Crippen molar-refractivity contribution in [2.45, 2.75) is 18.9 Å². The molecule has 1 unspecified atom stereocenters. The normalized spacial score (nSPS) is 14.3. The molecule has 0 saturated carbocycles. The van der Waals surface area contributed by atoms with Crippen LogP contribution in [0.3, 0.4) is 0 Å². The summed E-state index contributed by atoms with van der Waals surface area (Å²) in [6, 6.07) is 6.93. The second-order valence-electron chi connectivity index (χ2n) is 4.28. The monoisotopic (exact) mass is 301 g/mol. The highest BCUT2D eigenvalue weighted by molar-refractivity contribution is 7.85. The Bertz CT molecular complexity index is 583. The Morgan fingerprint density at radius 1 is 1.25 bits per heavy atom. The summed E-state index contributed by atoms with van der Waals surface area (Å²) in [7, 11) is -4.50. The van der Waals surface area contributed by atoms with Gasteiger partial charge in [0, 0.05) is 0 Å². The number of benzene rings is 1. The number of amides is 1. The van der Waals surface area contributed by atoms with Gasteiger partial charge in [0.1, 0.15) is 11.8 Å². The fourth-order valence-corrected chi connectivity index (χ4v) is 2.22. The summed E-state index contributed by atoms with van der Waals surface area (Å²) in [5.41, 5.74) is 0.668. The van der Waals surface area contributed by atoms with Gasteiger partial charge in [-0.2, -0.15) is 8.42 Å². The third-order valence-corrected chi connectivity index (χ3v) is 3.44. The first-order chi connectivity index (χ1) is 9.20. The van der Waals surface area contributed by atoms with Crippen LogP contribution in [0.25, 0.3) is 0 Å². The Morgan fingerprint density at radius 3 is 2.25 bits per heavy atom. The third-order valence-electron chi connectivity index (χ3n) is 2.68. The van der Waals surface area contributed by atoms with Crippen LogP contribution in [0.2, 0.25) is 0 Å². The zero-order valence-corrected chi connectivity index (χ0v) is 11.5. The molecule has 0 radical (unpaired) electrons. The number of aliphatic carboxylic acids is 1. The summed E-state index contributed by atoms with van der Waals surface area (Å²) in [6.45, 7) is 1.57. The van der Waals surface area contributed by atoms with Crippen LogP contribution in [0.5, 0.6) is 0 Å². The molecule has 0 aliphatic rings. The second kappa shape index (κ2) is 6.49. The predicted molar refractivity (Wildman–Crippen MR) is 70.8 cm³/mol. The van der Waals surface area contributed by atoms with E-state index in [9.17, 15) is 18.0 Å². The fraction of sp³-hybridized carbons (Fsp3) is 0.333. The first-order valence-corrected chi connectivity index (χ1v) is 7.35. The average Bonchev–Trinajstić information content (AvgIpc) is 2.36. The Hall–Kier alpha value is -1.93. The third kappa shape index (κ3) is 4.98. The largest absolute Gasteiger partial charge is 0.480 e. The van der Waals surface area contributed by atoms with E-state index in [4.69, 9.17) is 9.66 Å². The van der Waals surface area contributed by atoms with Gasteiger partial charge in [-0.15, -0.1) is 0 Å². The van der Waals surface area contributed by atoms with Crippen LogP contribution >= 0.6 is 0 Å². The molecule has 1 rings (SSSR count). The topological polar surface area (TPSA) is 121 Å². The predicted octanol–water partition coefficient (Wildman–Crippen LogP) is 0.247. The first-order valence-electron chi connectivity index (χ1n) is 5.74. The lowest BCUT2D eigenvalue weighted by atomic mass is 10.0. The summed E-state index contributed by atoms with van der Waals surface area (Å²) in [5, 5.41) is 10.9. The molecule has 0 saturated heterocycles. The Morgan fingerprint density at radius 2 is 1.80 bits per heavy atom. The molecule has 0 aromatic heterocycles. The van der Waals surface area contributed by atoms with E-state index in [1.807, 2.05) is 0 Å². The maximum Gasteiger partial charge on any atom is 0.327 e. The van der Waals surface area contributed by atoms with E-state index in [-0.39, 0.29) is 0 Å². The van der Waals surface area contributed by atoms with Crippen molar-refractivity contribution in [1.82, 2.24) is 5.32 Å². The summed E-state index contributed by atoms with van der Waals surface area (Å²) < 4.78 is 30.1. The van der Waals surface area contributed by atoms with E-state index in [0.29, 0.717) is 5.56 Å². The summed E-state index contributed by atoms with van der Waals surface area (Å²) >= 11 is 0. The molecule has 0 aliphatic carbocycles. The number of hydrogen-bond acceptors (Lipinski definition) is 4. The van der Waals surface area contributed by atoms with Crippen LogP contribution in [-0.2, 0) is 19.7 Å². The van der Waals surface area contributed by atoms with Crippen LogP contribution in [0.4, 0.5) is 0 Å². The van der Waals surface area contributed by atoms with E-state index < -0.39 is 39.7 Å². The van der Waals surface area contributed by atoms with E-state index in [1.165, 1.54) is 0 Å². The van der Waals surface area contributed by atoms with Crippen molar-refractivity contribution in [1.29, 1.82) is 0 Å². The van der Waals surface area contributed by atoms with Gasteiger partial charge in [-0.3, -0.25) is 9.35 Å². The van der Waals surface area contributed by atoms with E-state index in [1.54, 1.807) is 37.3 Å². The molecule has 1 amide bonds. The van der Waals surface area contributed by atoms with Gasteiger partial charge in [0.15, 0.2) is 0 Å². The number of carboxylic acid groups (broad SMARTS) is 1. The number of carbonyl (C=O) groups excluding carboxylic acids is 1. The Balaban J connectivity index is 2.79. The number of nitrogens with one attached hydrogen (secondary N) is 1. The van der Waals surface area contributed by atoms with Gasteiger partial charge in [-0.1, -0.05) is 30.3 Å². The smallest absolute Gasteiger partial charge is 0.327 e. The molecule has 0 fully saturated rings. The van der Waals surface area contributed by atoms with Crippen molar-refractivity contribution in [3.63, 3.8) is 0 Å². The molecule has 0 heterocycles. The maximum atomic E-state index is 11.9. The SMILES string of the molecule is CC(C(=O)N[C@@H](CS(=O)(=O)O)C(=O)O)c1ccccc1. The molecule has 0 spiro atoms. The fourth-order valence-electron chi connectivity index (χ4n) is 1.58. The molecule has 7 nitrogen and oxygen atoms in total. The van der Waals surface area contributed by atoms with Crippen LogP contribution in [0.1, 0.15) is 18.4 Å². The van der Waals surface area contributed by atoms with E-state index in [2.05, 4.69) is 5.32 Å². The van der Waals surface area contributed by atoms with Crippen molar-refractivity contribution in [3.8, 4) is 0 Å². The van der Waals surface area contributed by atoms with Gasteiger partial charge in [-0.25, -0.2) is 4.79 Å². The van der Waals surface area contributed by atoms with Gasteiger partial charge in [0.25, 0.3) is 10.1 Å². The van der Waals surface area contributed by atoms with Crippen LogP contribution in [-0.4, -0.2) is 41.7 Å². The minimum Gasteiger partial charge on any atom is -0.480 e. The molecule has 3 N–H and O–H groups in total. The number of carboxylic acids is 1. The summed E-state index contributed by atoms with van der Waals surface area (Å²) in [4.78, 5) is 22.8. The van der Waals surface area contributed by atoms with Crippen molar-refractivity contribution < 1.29 is 27.7 Å². The molecule has 20 heavy (non-hydrogen) atoms. The van der Waals surface area contributed by atoms with Crippen LogP contribution < -0.4 is 5.32 Å². The lowest BCUT2D eigenvalue weighted by molar-refractivity contribution is -0.141. The zero-order chi connectivity index (χ0) is 15.3. The molecule has 110 valence electrons. The van der Waals surface area contributed by atoms with Gasteiger partial charge >= 0.3 is 5.97 Å². The lowest BCUT2D eigenvalue weighted by Crippen LogP contribution is -2.46. The summed E-state index contributed by atoms with van der Waals surface area (Å²) in [6.07, 6.45) is 0. The molecule has 1 aromatic rings. The Labute approximate surface area is 116 Å². The number of rotatable bonds is 6. The average molecular weight is 301 g/mol. The highest BCUT2D eigenvalue weighted by Gasteiger charge is 2.27. The van der Waals surface area contributed by atoms with Crippen molar-refractivity contribution in [2.75, 3.05) is 5.75 Å². The molecule has 0 bridgehead atoms. The second-order valence-corrected chi connectivity index (χ2v) is 5.78. The van der Waals surface area contributed by atoms with Gasteiger partial charge in [-0.05, 0) is 12.5 Å². The molecular weight excluding hydrogens is 286 g/mol. The molecule has 0 aliphatic heterocycles. The molecule has 8 heteroatoms. The van der Waals surface area contributed by atoms with Gasteiger partial charge in [0.05, 0.1) is 5.92 Å². The highest BCUT2D eigenvalue weighted by Crippen LogP contribution is 2.14. The first kappa shape index (κ1) is 16.1. The number of carbonyl (C=O) groups is 2. The van der Waals surface area contributed by atoms with E-state index in [0.717, 1.165) is 0 Å². The zero-order valence-electron chi connectivity index (χ0n) is 10.7. The van der Waals surface area contributed by atoms with Crippen LogP contribution in [0, 0.1) is 0 Å². The van der Waals surface area contributed by atoms with Gasteiger partial charge < -0.3 is 10.4 Å².